The summed E-state index contributed by atoms with van der Waals surface area (Å²) in [6.45, 7) is 7.89. The number of nitrogens with zero attached hydrogens (tertiary/aromatic N) is 2. The minimum Gasteiger partial charge on any atom is -0.507 e. The van der Waals surface area contributed by atoms with Gasteiger partial charge in [-0.05, 0) is 62.3 Å². The van der Waals surface area contributed by atoms with Crippen molar-refractivity contribution in [3.63, 3.8) is 0 Å². The molecule has 2 aliphatic heterocycles. The summed E-state index contributed by atoms with van der Waals surface area (Å²) in [7, 11) is 0. The third-order valence-corrected chi connectivity index (χ3v) is 10.6. The molecule has 2 heterocycles. The highest BCUT2D eigenvalue weighted by Crippen LogP contribution is 2.65. The molecule has 0 bridgehead atoms. The van der Waals surface area contributed by atoms with Gasteiger partial charge in [0.25, 0.3) is 11.8 Å². The van der Waals surface area contributed by atoms with E-state index in [1.54, 1.807) is 13.0 Å². The van der Waals surface area contributed by atoms with Gasteiger partial charge in [-0.25, -0.2) is 0 Å². The van der Waals surface area contributed by atoms with Gasteiger partial charge in [-0.15, -0.1) is 6.58 Å². The number of fused-ring (bicyclic) bond motifs is 4. The number of rotatable bonds is 7. The number of amides is 4. The highest BCUT2D eigenvalue weighted by Gasteiger charge is 2.70. The van der Waals surface area contributed by atoms with Crippen LogP contribution in [-0.4, -0.2) is 45.2 Å². The summed E-state index contributed by atoms with van der Waals surface area (Å²) >= 11 is 0. The molecule has 0 radical (unpaired) electrons. The van der Waals surface area contributed by atoms with E-state index in [1.807, 2.05) is 85.8 Å². The molecule has 3 fully saturated rings. The van der Waals surface area contributed by atoms with Crippen LogP contribution >= 0.6 is 0 Å². The number of aromatic hydroxyl groups is 1. The number of imide groups is 2. The van der Waals surface area contributed by atoms with Crippen LogP contribution in [0.1, 0.15) is 47.9 Å². The lowest BCUT2D eigenvalue weighted by Crippen LogP contribution is -2.53. The highest BCUT2D eigenvalue weighted by atomic mass is 16.3. The minimum atomic E-state index is -1.43. The Morgan fingerprint density at radius 2 is 1.67 bits per heavy atom. The molecule has 4 aliphatic rings. The lowest BCUT2D eigenvalue weighted by molar-refractivity contribution is -0.141. The van der Waals surface area contributed by atoms with Gasteiger partial charge in [0.05, 0.1) is 28.9 Å². The fourth-order valence-corrected chi connectivity index (χ4v) is 8.63. The molecule has 8 heteroatoms. The van der Waals surface area contributed by atoms with Gasteiger partial charge in [0.2, 0.25) is 11.8 Å². The number of nitrogens with one attached hydrogen (secondary N) is 1. The van der Waals surface area contributed by atoms with Crippen molar-refractivity contribution in [1.82, 2.24) is 9.91 Å². The van der Waals surface area contributed by atoms with Gasteiger partial charge in [-0.2, -0.15) is 5.01 Å². The van der Waals surface area contributed by atoms with Gasteiger partial charge in [-0.1, -0.05) is 84.0 Å². The first kappa shape index (κ1) is 29.7. The summed E-state index contributed by atoms with van der Waals surface area (Å²) in [6.07, 6.45) is 4.70. The van der Waals surface area contributed by atoms with Crippen molar-refractivity contribution < 1.29 is 24.3 Å². The van der Waals surface area contributed by atoms with E-state index in [0.29, 0.717) is 35.2 Å². The first-order chi connectivity index (χ1) is 22.2. The van der Waals surface area contributed by atoms with Crippen molar-refractivity contribution >= 4 is 29.3 Å². The van der Waals surface area contributed by atoms with Crippen LogP contribution in [-0.2, 0) is 31.0 Å². The van der Waals surface area contributed by atoms with Crippen molar-refractivity contribution in [1.29, 1.82) is 0 Å². The van der Waals surface area contributed by atoms with E-state index in [9.17, 15) is 19.5 Å². The molecule has 8 nitrogen and oxygen atoms in total. The SMILES string of the molecule is C=CCc1cccc(C2C3=CCC4C(=O)N(CC)C(=O)C4C3CC3C(=O)N(Nc4ccc(C)cc4)C(=O)C32c2ccccc2)c1O. The van der Waals surface area contributed by atoms with Crippen LogP contribution in [0, 0.1) is 30.6 Å². The molecule has 7 rings (SSSR count). The van der Waals surface area contributed by atoms with Gasteiger partial charge in [0.15, 0.2) is 0 Å². The van der Waals surface area contributed by atoms with E-state index in [0.717, 1.165) is 16.1 Å². The van der Waals surface area contributed by atoms with Crippen LogP contribution in [0.3, 0.4) is 0 Å². The topological polar surface area (TPSA) is 107 Å². The number of benzene rings is 3. The van der Waals surface area contributed by atoms with Crippen molar-refractivity contribution in [3.05, 3.63) is 119 Å². The highest BCUT2D eigenvalue weighted by molar-refractivity contribution is 6.13. The minimum absolute atomic E-state index is 0.0410. The molecule has 3 aromatic carbocycles. The third-order valence-electron chi connectivity index (χ3n) is 10.6. The summed E-state index contributed by atoms with van der Waals surface area (Å²) in [5.41, 5.74) is 5.97. The molecule has 6 unspecified atom stereocenters. The molecular weight excluding hydrogens is 578 g/mol. The average molecular weight is 616 g/mol. The van der Waals surface area contributed by atoms with Crippen LogP contribution in [0.15, 0.2) is 97.1 Å². The maximum atomic E-state index is 15.2. The van der Waals surface area contributed by atoms with Crippen molar-refractivity contribution in [3.8, 4) is 5.75 Å². The largest absolute Gasteiger partial charge is 0.507 e. The number of anilines is 1. The maximum absolute atomic E-state index is 15.2. The Balaban J connectivity index is 1.48. The van der Waals surface area contributed by atoms with Crippen LogP contribution in [0.4, 0.5) is 5.69 Å². The Morgan fingerprint density at radius 1 is 0.935 bits per heavy atom. The second-order valence-electron chi connectivity index (χ2n) is 12.9. The number of allylic oxidation sites excluding steroid dienone is 3. The number of likely N-dealkylation sites (tertiary alicyclic amines) is 1. The number of carbonyl (C=O) groups is 4. The van der Waals surface area contributed by atoms with Crippen molar-refractivity contribution in [2.75, 3.05) is 12.0 Å². The van der Waals surface area contributed by atoms with Gasteiger partial charge in [0, 0.05) is 18.0 Å². The Kier molecular flexibility index (Phi) is 7.18. The lowest BCUT2D eigenvalue weighted by atomic mass is 9.49. The number of hydrazine groups is 1. The van der Waals surface area contributed by atoms with Gasteiger partial charge < -0.3 is 5.11 Å². The summed E-state index contributed by atoms with van der Waals surface area (Å²) in [5.74, 6) is -4.44. The summed E-state index contributed by atoms with van der Waals surface area (Å²) in [6, 6.07) is 22.3. The zero-order chi connectivity index (χ0) is 32.3. The normalized spacial score (nSPS) is 28.5. The smallest absolute Gasteiger partial charge is 0.260 e. The standard InChI is InChI=1S/C38H37N3O5/c1-4-10-23-11-9-14-28(33(23)42)32-26-19-20-27-31(36(45)40(5-2)34(27)43)29(26)21-30-35(44)41(39-25-17-15-22(3)16-18-25)37(46)38(30,32)24-12-7-6-8-13-24/h4,6-9,11-19,27,29-32,39,42H,1,5,10,20-21H2,2-3H3. The molecule has 2 saturated heterocycles. The Bertz CT molecular complexity index is 1800. The van der Waals surface area contributed by atoms with E-state index in [-0.39, 0.29) is 30.5 Å². The van der Waals surface area contributed by atoms with Crippen LogP contribution in [0.25, 0.3) is 0 Å². The molecule has 6 atom stereocenters. The molecule has 1 saturated carbocycles. The second-order valence-corrected chi connectivity index (χ2v) is 12.9. The Labute approximate surface area is 268 Å². The molecule has 0 spiro atoms. The second kappa shape index (κ2) is 11.1. The number of phenols is 1. The number of hydrogen-bond donors (Lipinski definition) is 2. The van der Waals surface area contributed by atoms with Crippen LogP contribution in [0.2, 0.25) is 0 Å². The molecule has 0 aromatic heterocycles. The van der Waals surface area contributed by atoms with Crippen LogP contribution in [0.5, 0.6) is 5.75 Å². The van der Waals surface area contributed by atoms with E-state index in [4.69, 9.17) is 0 Å². The number of aryl methyl sites for hydroxylation is 1. The molecule has 46 heavy (non-hydrogen) atoms. The van der Waals surface area contributed by atoms with E-state index in [1.165, 1.54) is 4.90 Å². The molecule has 2 aliphatic carbocycles. The quantitative estimate of drug-likeness (QED) is 0.271. The average Bonchev–Trinajstić information content (AvgIpc) is 3.44. The zero-order valence-electron chi connectivity index (χ0n) is 26.0. The third kappa shape index (κ3) is 4.12. The Morgan fingerprint density at radius 3 is 2.37 bits per heavy atom. The number of carbonyl (C=O) groups excluding carboxylic acids is 4. The van der Waals surface area contributed by atoms with Crippen molar-refractivity contribution in [2.24, 2.45) is 23.7 Å². The monoisotopic (exact) mass is 615 g/mol. The zero-order valence-corrected chi connectivity index (χ0v) is 26.0. The van der Waals surface area contributed by atoms with Gasteiger partial charge >= 0.3 is 0 Å². The first-order valence-corrected chi connectivity index (χ1v) is 16.0. The summed E-state index contributed by atoms with van der Waals surface area (Å²) in [4.78, 5) is 58.4. The fourth-order valence-electron chi connectivity index (χ4n) is 8.63. The number of hydrogen-bond acceptors (Lipinski definition) is 6. The maximum Gasteiger partial charge on any atom is 0.260 e. The number of phenolic OH excluding ortho intramolecular Hbond substituents is 1. The van der Waals surface area contributed by atoms with E-state index < -0.39 is 46.8 Å². The summed E-state index contributed by atoms with van der Waals surface area (Å²) < 4.78 is 0. The fraction of sp³-hybridized carbons (Fsp3) is 0.316. The van der Waals surface area contributed by atoms with Crippen LogP contribution < -0.4 is 5.43 Å². The van der Waals surface area contributed by atoms with E-state index in [2.05, 4.69) is 12.0 Å². The summed E-state index contributed by atoms with van der Waals surface area (Å²) in [5, 5.41) is 13.0. The molecule has 2 N–H and O–H groups in total. The predicted octanol–water partition coefficient (Wildman–Crippen LogP) is 5.43. The number of para-hydroxylation sites is 1. The molecule has 3 aromatic rings. The molecular formula is C38H37N3O5. The predicted molar refractivity (Wildman–Crippen MR) is 173 cm³/mol. The molecule has 4 amide bonds. The van der Waals surface area contributed by atoms with Gasteiger partial charge in [-0.3, -0.25) is 29.5 Å². The van der Waals surface area contributed by atoms with Gasteiger partial charge in [0.1, 0.15) is 5.75 Å². The van der Waals surface area contributed by atoms with E-state index >= 15 is 4.79 Å². The lowest BCUT2D eigenvalue weighted by Gasteiger charge is -2.50. The van der Waals surface area contributed by atoms with Crippen molar-refractivity contribution in [2.45, 2.75) is 44.4 Å². The first-order valence-electron chi connectivity index (χ1n) is 16.0. The Hall–Kier alpha value is -4.98. The molecule has 234 valence electrons.